The Bertz CT molecular complexity index is 697. The molecule has 5 N–H and O–H groups in total. The number of hydrogen-bond acceptors (Lipinski definition) is 5. The van der Waals surface area contributed by atoms with E-state index in [0.717, 1.165) is 5.56 Å². The molecular weight excluding hydrogens is 300 g/mol. The van der Waals surface area contributed by atoms with Crippen LogP contribution in [0.25, 0.3) is 11.3 Å². The van der Waals surface area contributed by atoms with Gasteiger partial charge in [0.15, 0.2) is 17.7 Å². The summed E-state index contributed by atoms with van der Waals surface area (Å²) >= 11 is 0. The van der Waals surface area contributed by atoms with Gasteiger partial charge >= 0.3 is 0 Å². The number of benzene rings is 1. The van der Waals surface area contributed by atoms with Crippen LogP contribution in [-0.4, -0.2) is 28.7 Å². The molecule has 1 heterocycles. The molecule has 0 aliphatic carbocycles. The Balaban J connectivity index is 1.91. The van der Waals surface area contributed by atoms with E-state index in [9.17, 15) is 14.4 Å². The van der Waals surface area contributed by atoms with Crippen LogP contribution < -0.4 is 16.8 Å². The largest absolute Gasteiger partial charge is 0.441 e. The van der Waals surface area contributed by atoms with Crippen LogP contribution in [0, 0.1) is 0 Å². The minimum Gasteiger partial charge on any atom is -0.441 e. The average molecular weight is 316 g/mol. The second kappa shape index (κ2) is 7.21. The van der Waals surface area contributed by atoms with Crippen molar-refractivity contribution in [3.8, 4) is 11.3 Å². The average Bonchev–Trinajstić information content (AvgIpc) is 3.00. The van der Waals surface area contributed by atoms with Crippen LogP contribution in [0.2, 0.25) is 0 Å². The molecule has 0 unspecified atom stereocenters. The maximum absolute atomic E-state index is 11.7. The maximum Gasteiger partial charge on any atom is 0.249 e. The molecule has 0 bridgehead atoms. The first kappa shape index (κ1) is 16.2. The summed E-state index contributed by atoms with van der Waals surface area (Å²) in [4.78, 5) is 37.8. The highest BCUT2D eigenvalue weighted by Crippen LogP contribution is 2.20. The predicted octanol–water partition coefficient (Wildman–Crippen LogP) is -0.270. The third-order valence-corrected chi connectivity index (χ3v) is 3.05. The van der Waals surface area contributed by atoms with Crippen LogP contribution in [0.1, 0.15) is 12.3 Å². The minimum atomic E-state index is -1.52. The lowest BCUT2D eigenvalue weighted by Crippen LogP contribution is -2.52. The van der Waals surface area contributed by atoms with Crippen molar-refractivity contribution in [1.29, 1.82) is 0 Å². The fourth-order valence-corrected chi connectivity index (χ4v) is 1.90. The van der Waals surface area contributed by atoms with Gasteiger partial charge in [-0.15, -0.1) is 0 Å². The Morgan fingerprint density at radius 1 is 1.13 bits per heavy atom. The van der Waals surface area contributed by atoms with E-state index in [-0.39, 0.29) is 12.8 Å². The fraction of sp³-hybridized carbons (Fsp3) is 0.200. The SMILES string of the molecule is NC(=O)C(NC(=O)CCc1ncc(-c2ccccc2)o1)C(N)=O. The van der Waals surface area contributed by atoms with E-state index in [1.54, 1.807) is 6.20 Å². The van der Waals surface area contributed by atoms with Crippen molar-refractivity contribution in [2.45, 2.75) is 18.9 Å². The Morgan fingerprint density at radius 2 is 1.78 bits per heavy atom. The summed E-state index contributed by atoms with van der Waals surface area (Å²) in [6, 6.07) is 7.87. The molecule has 1 aromatic carbocycles. The summed E-state index contributed by atoms with van der Waals surface area (Å²) in [6.45, 7) is 0. The van der Waals surface area contributed by atoms with E-state index < -0.39 is 23.8 Å². The molecule has 0 aliphatic heterocycles. The molecule has 23 heavy (non-hydrogen) atoms. The molecule has 0 atom stereocenters. The van der Waals surface area contributed by atoms with Gasteiger partial charge in [0.2, 0.25) is 17.7 Å². The smallest absolute Gasteiger partial charge is 0.249 e. The zero-order valence-electron chi connectivity index (χ0n) is 12.2. The van der Waals surface area contributed by atoms with Crippen LogP contribution in [-0.2, 0) is 20.8 Å². The van der Waals surface area contributed by atoms with E-state index in [2.05, 4.69) is 10.3 Å². The lowest BCUT2D eigenvalue weighted by Gasteiger charge is -2.11. The van der Waals surface area contributed by atoms with Crippen molar-refractivity contribution in [3.63, 3.8) is 0 Å². The predicted molar refractivity (Wildman–Crippen MR) is 80.6 cm³/mol. The number of carbonyl (C=O) groups is 3. The monoisotopic (exact) mass is 316 g/mol. The number of carbonyl (C=O) groups excluding carboxylic acids is 3. The van der Waals surface area contributed by atoms with Gasteiger partial charge in [0, 0.05) is 18.4 Å². The van der Waals surface area contributed by atoms with Crippen molar-refractivity contribution in [1.82, 2.24) is 10.3 Å². The lowest BCUT2D eigenvalue weighted by molar-refractivity contribution is -0.134. The van der Waals surface area contributed by atoms with E-state index in [0.29, 0.717) is 11.7 Å². The lowest BCUT2D eigenvalue weighted by atomic mass is 10.2. The van der Waals surface area contributed by atoms with E-state index >= 15 is 0 Å². The summed E-state index contributed by atoms with van der Waals surface area (Å²) in [5, 5.41) is 2.17. The topological polar surface area (TPSA) is 141 Å². The highest BCUT2D eigenvalue weighted by molar-refractivity contribution is 6.05. The van der Waals surface area contributed by atoms with Crippen LogP contribution in [0.15, 0.2) is 40.9 Å². The summed E-state index contributed by atoms with van der Waals surface area (Å²) in [6.07, 6.45) is 1.76. The fourth-order valence-electron chi connectivity index (χ4n) is 1.90. The minimum absolute atomic E-state index is 0.0220. The summed E-state index contributed by atoms with van der Waals surface area (Å²) in [7, 11) is 0. The third-order valence-electron chi connectivity index (χ3n) is 3.05. The zero-order chi connectivity index (χ0) is 16.8. The Labute approximate surface area is 131 Å². The summed E-state index contributed by atoms with van der Waals surface area (Å²) in [5.74, 6) is -1.60. The molecule has 8 heteroatoms. The standard InChI is InChI=1S/C15H16N4O4/c16-14(21)13(15(17)22)19-11(20)6-7-12-18-8-10(23-12)9-4-2-1-3-5-9/h1-5,8,13H,6-7H2,(H2,16,21)(H2,17,22)(H,19,20). The van der Waals surface area contributed by atoms with Crippen LogP contribution in [0.5, 0.6) is 0 Å². The first-order valence-corrected chi connectivity index (χ1v) is 6.85. The van der Waals surface area contributed by atoms with Gasteiger partial charge in [-0.05, 0) is 0 Å². The summed E-state index contributed by atoms with van der Waals surface area (Å²) < 4.78 is 5.55. The number of oxazole rings is 1. The number of nitrogens with zero attached hydrogens (tertiary/aromatic N) is 1. The number of nitrogens with two attached hydrogens (primary N) is 2. The van der Waals surface area contributed by atoms with E-state index in [4.69, 9.17) is 15.9 Å². The van der Waals surface area contributed by atoms with Gasteiger partial charge in [-0.25, -0.2) is 4.98 Å². The molecule has 8 nitrogen and oxygen atoms in total. The second-order valence-corrected chi connectivity index (χ2v) is 4.79. The van der Waals surface area contributed by atoms with Crippen LogP contribution in [0.3, 0.4) is 0 Å². The van der Waals surface area contributed by atoms with Crippen molar-refractivity contribution in [3.05, 3.63) is 42.4 Å². The van der Waals surface area contributed by atoms with Gasteiger partial charge in [-0.3, -0.25) is 14.4 Å². The third kappa shape index (κ3) is 4.40. The van der Waals surface area contributed by atoms with Crippen molar-refractivity contribution < 1.29 is 18.8 Å². The molecule has 0 saturated heterocycles. The van der Waals surface area contributed by atoms with E-state index in [1.807, 2.05) is 30.3 Å². The van der Waals surface area contributed by atoms with Gasteiger partial charge in [0.05, 0.1) is 6.20 Å². The molecular formula is C15H16N4O4. The Kier molecular flexibility index (Phi) is 5.08. The number of amides is 3. The van der Waals surface area contributed by atoms with Crippen molar-refractivity contribution >= 4 is 17.7 Å². The number of rotatable bonds is 7. The normalized spacial score (nSPS) is 10.5. The molecule has 120 valence electrons. The van der Waals surface area contributed by atoms with Gasteiger partial charge < -0.3 is 21.2 Å². The number of hydrogen-bond donors (Lipinski definition) is 3. The molecule has 0 saturated carbocycles. The molecule has 0 aliphatic rings. The molecule has 0 spiro atoms. The zero-order valence-corrected chi connectivity index (χ0v) is 12.2. The molecule has 2 aromatic rings. The second-order valence-electron chi connectivity index (χ2n) is 4.79. The summed E-state index contributed by atoms with van der Waals surface area (Å²) in [5.41, 5.74) is 10.8. The highest BCUT2D eigenvalue weighted by Gasteiger charge is 2.23. The first-order valence-electron chi connectivity index (χ1n) is 6.85. The molecule has 0 fully saturated rings. The molecule has 3 amide bonds. The highest BCUT2D eigenvalue weighted by atomic mass is 16.4. The molecule has 0 radical (unpaired) electrons. The van der Waals surface area contributed by atoms with Crippen LogP contribution >= 0.6 is 0 Å². The van der Waals surface area contributed by atoms with Gasteiger partial charge in [0.1, 0.15) is 0 Å². The van der Waals surface area contributed by atoms with Gasteiger partial charge in [-0.2, -0.15) is 0 Å². The molecule has 2 rings (SSSR count). The quantitative estimate of drug-likeness (QED) is 0.603. The van der Waals surface area contributed by atoms with Gasteiger partial charge in [-0.1, -0.05) is 30.3 Å². The maximum atomic E-state index is 11.7. The van der Waals surface area contributed by atoms with Gasteiger partial charge in [0.25, 0.3) is 0 Å². The van der Waals surface area contributed by atoms with Crippen LogP contribution in [0.4, 0.5) is 0 Å². The Morgan fingerprint density at radius 3 is 2.39 bits per heavy atom. The number of aryl methyl sites for hydroxylation is 1. The number of primary amides is 2. The number of aromatic nitrogens is 1. The van der Waals surface area contributed by atoms with Crippen molar-refractivity contribution in [2.24, 2.45) is 11.5 Å². The number of nitrogens with one attached hydrogen (secondary N) is 1. The first-order chi connectivity index (χ1) is 11.0. The molecule has 1 aromatic heterocycles. The van der Waals surface area contributed by atoms with Crippen molar-refractivity contribution in [2.75, 3.05) is 0 Å². The Hall–Kier alpha value is -3.16. The van der Waals surface area contributed by atoms with E-state index in [1.165, 1.54) is 0 Å².